The maximum atomic E-state index is 12.3. The summed E-state index contributed by atoms with van der Waals surface area (Å²) in [5.74, 6) is -1.95. The molecule has 0 saturated carbocycles. The molecule has 1 N–H and O–H groups in total. The van der Waals surface area contributed by atoms with Gasteiger partial charge in [0.15, 0.2) is 0 Å². The van der Waals surface area contributed by atoms with E-state index in [1.165, 1.54) is 0 Å². The quantitative estimate of drug-likeness (QED) is 0.590. The predicted molar refractivity (Wildman–Crippen MR) is 35.5 cm³/mol. The molecule has 1 aliphatic heterocycles. The first kappa shape index (κ1) is 7.44. The monoisotopic (exact) mass is 148 g/mol. The first-order valence-electron chi connectivity index (χ1n) is 3.29. The van der Waals surface area contributed by atoms with Gasteiger partial charge in [-0.1, -0.05) is 6.92 Å². The van der Waals surface area contributed by atoms with Crippen LogP contribution in [0.25, 0.3) is 0 Å². The molecule has 4 heteroatoms. The number of amidine groups is 1. The lowest BCUT2D eigenvalue weighted by molar-refractivity contribution is 0.0123. The maximum Gasteiger partial charge on any atom is 0.284 e. The fourth-order valence-corrected chi connectivity index (χ4v) is 0.791. The van der Waals surface area contributed by atoms with Crippen molar-refractivity contribution >= 4 is 5.84 Å². The summed E-state index contributed by atoms with van der Waals surface area (Å²) in [4.78, 5) is 3.66. The molecule has 0 atom stereocenters. The van der Waals surface area contributed by atoms with Gasteiger partial charge in [-0.2, -0.15) is 0 Å². The molecule has 0 spiro atoms. The molecule has 0 aromatic rings. The number of halogens is 2. The molecule has 58 valence electrons. The summed E-state index contributed by atoms with van der Waals surface area (Å²) in [5.41, 5.74) is 0. The van der Waals surface area contributed by atoms with Crippen LogP contribution in [-0.2, 0) is 0 Å². The lowest BCUT2D eigenvalue weighted by Crippen LogP contribution is -2.43. The lowest BCUT2D eigenvalue weighted by Gasteiger charge is -2.21. The molecular weight excluding hydrogens is 138 g/mol. The summed E-state index contributed by atoms with van der Waals surface area (Å²) in [6, 6.07) is 0. The SMILES string of the molecule is CCC1=NCC(F)(F)CN1. The third-order valence-electron chi connectivity index (χ3n) is 1.39. The van der Waals surface area contributed by atoms with Crippen molar-refractivity contribution in [2.24, 2.45) is 4.99 Å². The van der Waals surface area contributed by atoms with Crippen molar-refractivity contribution in [3.05, 3.63) is 0 Å². The van der Waals surface area contributed by atoms with E-state index in [2.05, 4.69) is 10.3 Å². The van der Waals surface area contributed by atoms with Crippen LogP contribution in [0.2, 0.25) is 0 Å². The average Bonchev–Trinajstić information content (AvgIpc) is 1.88. The highest BCUT2D eigenvalue weighted by molar-refractivity contribution is 5.82. The molecule has 2 nitrogen and oxygen atoms in total. The minimum absolute atomic E-state index is 0.264. The maximum absolute atomic E-state index is 12.3. The summed E-state index contributed by atoms with van der Waals surface area (Å²) in [6.07, 6.45) is 0.704. The summed E-state index contributed by atoms with van der Waals surface area (Å²) in [6.45, 7) is 1.26. The van der Waals surface area contributed by atoms with Crippen LogP contribution in [0.5, 0.6) is 0 Å². The van der Waals surface area contributed by atoms with Crippen molar-refractivity contribution in [2.75, 3.05) is 13.1 Å². The largest absolute Gasteiger partial charge is 0.368 e. The van der Waals surface area contributed by atoms with Crippen molar-refractivity contribution in [1.82, 2.24) is 5.32 Å². The van der Waals surface area contributed by atoms with Gasteiger partial charge in [0, 0.05) is 6.42 Å². The van der Waals surface area contributed by atoms with Crippen LogP contribution < -0.4 is 5.32 Å². The molecule has 1 heterocycles. The minimum atomic E-state index is -2.64. The van der Waals surface area contributed by atoms with Gasteiger partial charge in [-0.25, -0.2) is 8.78 Å². The Labute approximate surface area is 58.3 Å². The van der Waals surface area contributed by atoms with Gasteiger partial charge in [0.1, 0.15) is 6.54 Å². The first-order chi connectivity index (χ1) is 4.64. The van der Waals surface area contributed by atoms with Crippen molar-refractivity contribution in [2.45, 2.75) is 19.3 Å². The molecule has 0 aromatic carbocycles. The number of nitrogens with zero attached hydrogens (tertiary/aromatic N) is 1. The molecule has 1 aliphatic rings. The second-order valence-corrected chi connectivity index (χ2v) is 2.33. The van der Waals surface area contributed by atoms with E-state index < -0.39 is 5.92 Å². The van der Waals surface area contributed by atoms with E-state index >= 15 is 0 Å². The van der Waals surface area contributed by atoms with Crippen molar-refractivity contribution in [1.29, 1.82) is 0 Å². The fraction of sp³-hybridized carbons (Fsp3) is 0.833. The van der Waals surface area contributed by atoms with Crippen molar-refractivity contribution < 1.29 is 8.78 Å². The molecular formula is C6H10F2N2. The van der Waals surface area contributed by atoms with E-state index in [1.807, 2.05) is 6.92 Å². The highest BCUT2D eigenvalue weighted by Gasteiger charge is 2.31. The summed E-state index contributed by atoms with van der Waals surface area (Å²) in [7, 11) is 0. The molecule has 0 saturated heterocycles. The van der Waals surface area contributed by atoms with Crippen LogP contribution in [-0.4, -0.2) is 24.8 Å². The molecule has 0 fully saturated rings. The van der Waals surface area contributed by atoms with Gasteiger partial charge in [0.25, 0.3) is 5.92 Å². The van der Waals surface area contributed by atoms with Crippen LogP contribution in [0.1, 0.15) is 13.3 Å². The summed E-state index contributed by atoms with van der Waals surface area (Å²) in [5, 5.41) is 2.56. The minimum Gasteiger partial charge on any atom is -0.368 e. The molecule has 0 radical (unpaired) electrons. The number of aliphatic imine (C=N–C) groups is 1. The topological polar surface area (TPSA) is 24.4 Å². The third kappa shape index (κ3) is 1.65. The van der Waals surface area contributed by atoms with Crippen LogP contribution in [0.3, 0.4) is 0 Å². The lowest BCUT2D eigenvalue weighted by atomic mass is 10.2. The molecule has 1 rings (SSSR count). The first-order valence-corrected chi connectivity index (χ1v) is 3.29. The van der Waals surface area contributed by atoms with Gasteiger partial charge in [-0.3, -0.25) is 4.99 Å². The Kier molecular flexibility index (Phi) is 1.87. The van der Waals surface area contributed by atoms with Crippen molar-refractivity contribution in [3.8, 4) is 0 Å². The second kappa shape index (κ2) is 2.52. The van der Waals surface area contributed by atoms with Gasteiger partial charge >= 0.3 is 0 Å². The highest BCUT2D eigenvalue weighted by atomic mass is 19.3. The molecule has 0 amide bonds. The Bertz CT molecular complexity index is 154. The van der Waals surface area contributed by atoms with Crippen LogP contribution >= 0.6 is 0 Å². The Hall–Kier alpha value is -0.670. The van der Waals surface area contributed by atoms with Crippen LogP contribution in [0.4, 0.5) is 8.78 Å². The van der Waals surface area contributed by atoms with Gasteiger partial charge in [0.2, 0.25) is 0 Å². The van der Waals surface area contributed by atoms with Crippen molar-refractivity contribution in [3.63, 3.8) is 0 Å². The zero-order valence-corrected chi connectivity index (χ0v) is 5.82. The van der Waals surface area contributed by atoms with Gasteiger partial charge < -0.3 is 5.32 Å². The molecule has 0 aliphatic carbocycles. The third-order valence-corrected chi connectivity index (χ3v) is 1.39. The van der Waals surface area contributed by atoms with E-state index in [1.54, 1.807) is 0 Å². The highest BCUT2D eigenvalue weighted by Crippen LogP contribution is 2.15. The van der Waals surface area contributed by atoms with Gasteiger partial charge in [0.05, 0.1) is 12.4 Å². The Morgan fingerprint density at radius 1 is 1.70 bits per heavy atom. The molecule has 10 heavy (non-hydrogen) atoms. The van der Waals surface area contributed by atoms with E-state index in [9.17, 15) is 8.78 Å². The number of hydrogen-bond donors (Lipinski definition) is 1. The Morgan fingerprint density at radius 3 is 2.80 bits per heavy atom. The van der Waals surface area contributed by atoms with E-state index in [-0.39, 0.29) is 13.1 Å². The van der Waals surface area contributed by atoms with E-state index in [4.69, 9.17) is 0 Å². The van der Waals surface area contributed by atoms with Crippen LogP contribution in [0, 0.1) is 0 Å². The van der Waals surface area contributed by atoms with Gasteiger partial charge in [-0.05, 0) is 0 Å². The molecule has 0 unspecified atom stereocenters. The number of rotatable bonds is 1. The Balaban J connectivity index is 2.52. The van der Waals surface area contributed by atoms with Crippen LogP contribution in [0.15, 0.2) is 4.99 Å². The zero-order valence-electron chi connectivity index (χ0n) is 5.82. The zero-order chi connectivity index (χ0) is 7.61. The van der Waals surface area contributed by atoms with E-state index in [0.717, 1.165) is 0 Å². The normalized spacial score (nSPS) is 23.3. The number of hydrogen-bond acceptors (Lipinski definition) is 2. The van der Waals surface area contributed by atoms with Gasteiger partial charge in [-0.15, -0.1) is 0 Å². The summed E-state index contributed by atoms with van der Waals surface area (Å²) < 4.78 is 24.7. The summed E-state index contributed by atoms with van der Waals surface area (Å²) >= 11 is 0. The smallest absolute Gasteiger partial charge is 0.284 e. The molecule has 0 aromatic heterocycles. The standard InChI is InChI=1S/C6H10F2N2/c1-2-5-9-3-6(7,8)4-10-5/h2-4H2,1H3,(H,9,10). The van der Waals surface area contributed by atoms with E-state index in [0.29, 0.717) is 12.3 Å². The average molecular weight is 148 g/mol. The second-order valence-electron chi connectivity index (χ2n) is 2.33. The predicted octanol–water partition coefficient (Wildman–Crippen LogP) is 1.03. The number of alkyl halides is 2. The number of nitrogens with one attached hydrogen (secondary N) is 1. The molecule has 0 bridgehead atoms. The Morgan fingerprint density at radius 2 is 2.40 bits per heavy atom. The fourth-order valence-electron chi connectivity index (χ4n) is 0.791.